The monoisotopic (exact) mass is 265 g/mol. The Morgan fingerprint density at radius 1 is 1.05 bits per heavy atom. The number of carbonyl (C=O) groups excluding carboxylic acids is 1. The van der Waals surface area contributed by atoms with Gasteiger partial charge in [0.2, 0.25) is 0 Å². The van der Waals surface area contributed by atoms with Crippen molar-refractivity contribution in [3.63, 3.8) is 0 Å². The Morgan fingerprint density at radius 3 is 2.50 bits per heavy atom. The predicted octanol–water partition coefficient (Wildman–Crippen LogP) is 3.83. The van der Waals surface area contributed by atoms with E-state index in [1.54, 1.807) is 11.1 Å². The van der Waals surface area contributed by atoms with E-state index in [1.807, 2.05) is 54.6 Å². The zero-order chi connectivity index (χ0) is 13.9. The van der Waals surface area contributed by atoms with Crippen LogP contribution in [0.4, 0.5) is 4.79 Å². The number of methoxy groups -OCH3 is 1. The first kappa shape index (κ1) is 12.5. The van der Waals surface area contributed by atoms with Crippen LogP contribution in [-0.4, -0.2) is 18.1 Å². The summed E-state index contributed by atoms with van der Waals surface area (Å²) in [6.07, 6.45) is 3.36. The summed E-state index contributed by atoms with van der Waals surface area (Å²) in [5.74, 6) is 0. The van der Waals surface area contributed by atoms with Crippen LogP contribution in [0, 0.1) is 0 Å². The van der Waals surface area contributed by atoms with E-state index in [4.69, 9.17) is 4.74 Å². The maximum Gasteiger partial charge on any atom is 0.414 e. The third-order valence-corrected chi connectivity index (χ3v) is 3.48. The van der Waals surface area contributed by atoms with Gasteiger partial charge in [0.05, 0.1) is 13.2 Å². The molecular weight excluding hydrogens is 250 g/mol. The Bertz CT molecular complexity index is 649. The molecule has 0 spiro atoms. The molecule has 20 heavy (non-hydrogen) atoms. The van der Waals surface area contributed by atoms with E-state index in [0.29, 0.717) is 0 Å². The lowest BCUT2D eigenvalue weighted by Crippen LogP contribution is -2.33. The van der Waals surface area contributed by atoms with Crippen LogP contribution < -0.4 is 0 Å². The van der Waals surface area contributed by atoms with Crippen molar-refractivity contribution in [3.8, 4) is 0 Å². The highest BCUT2D eigenvalue weighted by molar-refractivity contribution is 5.74. The quantitative estimate of drug-likeness (QED) is 0.784. The van der Waals surface area contributed by atoms with Crippen molar-refractivity contribution < 1.29 is 9.53 Å². The van der Waals surface area contributed by atoms with Crippen LogP contribution in [0.25, 0.3) is 6.08 Å². The van der Waals surface area contributed by atoms with Gasteiger partial charge in [-0.05, 0) is 22.8 Å². The molecule has 3 rings (SSSR count). The van der Waals surface area contributed by atoms with Gasteiger partial charge < -0.3 is 4.74 Å². The molecule has 0 aromatic heterocycles. The average Bonchev–Trinajstić information content (AvgIpc) is 2.53. The highest BCUT2D eigenvalue weighted by atomic mass is 16.5. The Morgan fingerprint density at radius 2 is 1.75 bits per heavy atom. The minimum Gasteiger partial charge on any atom is -0.452 e. The number of carbonyl (C=O) groups is 1. The molecule has 1 atom stereocenters. The van der Waals surface area contributed by atoms with E-state index in [-0.39, 0.29) is 12.1 Å². The van der Waals surface area contributed by atoms with Crippen molar-refractivity contribution >= 4 is 12.2 Å². The second kappa shape index (κ2) is 5.21. The Hall–Kier alpha value is -2.55. The fourth-order valence-electron chi connectivity index (χ4n) is 2.56. The largest absolute Gasteiger partial charge is 0.452 e. The first-order valence-electron chi connectivity index (χ1n) is 6.49. The highest BCUT2D eigenvalue weighted by Crippen LogP contribution is 2.35. The van der Waals surface area contributed by atoms with Crippen LogP contribution in [0.2, 0.25) is 0 Å². The fourth-order valence-corrected chi connectivity index (χ4v) is 2.56. The SMILES string of the molecule is COC(=O)N1C=Cc2ccccc2C1c1ccccc1. The third kappa shape index (κ3) is 2.07. The molecule has 0 aliphatic carbocycles. The number of nitrogens with zero attached hydrogens (tertiary/aromatic N) is 1. The smallest absolute Gasteiger partial charge is 0.414 e. The van der Waals surface area contributed by atoms with Gasteiger partial charge in [-0.15, -0.1) is 0 Å². The van der Waals surface area contributed by atoms with Gasteiger partial charge in [-0.2, -0.15) is 0 Å². The molecule has 1 heterocycles. The van der Waals surface area contributed by atoms with E-state index < -0.39 is 0 Å². The minimum atomic E-state index is -0.357. The molecular formula is C17H15NO2. The van der Waals surface area contributed by atoms with Crippen LogP contribution in [0.5, 0.6) is 0 Å². The van der Waals surface area contributed by atoms with Crippen LogP contribution in [0.3, 0.4) is 0 Å². The van der Waals surface area contributed by atoms with Crippen molar-refractivity contribution in [2.24, 2.45) is 0 Å². The molecule has 100 valence electrons. The van der Waals surface area contributed by atoms with Gasteiger partial charge in [-0.3, -0.25) is 4.90 Å². The first-order valence-corrected chi connectivity index (χ1v) is 6.49. The van der Waals surface area contributed by atoms with Gasteiger partial charge in [0.15, 0.2) is 0 Å². The maximum absolute atomic E-state index is 12.0. The number of hydrogen-bond acceptors (Lipinski definition) is 2. The molecule has 3 nitrogen and oxygen atoms in total. The van der Waals surface area contributed by atoms with E-state index in [0.717, 1.165) is 16.7 Å². The third-order valence-electron chi connectivity index (χ3n) is 3.48. The molecule has 1 aliphatic rings. The number of rotatable bonds is 1. The molecule has 0 saturated heterocycles. The summed E-state index contributed by atoms with van der Waals surface area (Å²) >= 11 is 0. The Balaban J connectivity index is 2.13. The summed E-state index contributed by atoms with van der Waals surface area (Å²) in [6.45, 7) is 0. The zero-order valence-corrected chi connectivity index (χ0v) is 11.2. The zero-order valence-electron chi connectivity index (χ0n) is 11.2. The highest BCUT2D eigenvalue weighted by Gasteiger charge is 2.29. The van der Waals surface area contributed by atoms with Crippen molar-refractivity contribution in [2.75, 3.05) is 7.11 Å². The molecule has 0 saturated carbocycles. The van der Waals surface area contributed by atoms with E-state index in [2.05, 4.69) is 6.07 Å². The van der Waals surface area contributed by atoms with Crippen molar-refractivity contribution in [1.29, 1.82) is 0 Å². The van der Waals surface area contributed by atoms with Gasteiger partial charge in [0.1, 0.15) is 0 Å². The summed E-state index contributed by atoms with van der Waals surface area (Å²) in [4.78, 5) is 13.6. The molecule has 2 aromatic rings. The molecule has 0 fully saturated rings. The maximum atomic E-state index is 12.0. The molecule has 1 amide bonds. The number of amides is 1. The van der Waals surface area contributed by atoms with Crippen LogP contribution >= 0.6 is 0 Å². The van der Waals surface area contributed by atoms with E-state index >= 15 is 0 Å². The normalized spacial score (nSPS) is 16.6. The van der Waals surface area contributed by atoms with Gasteiger partial charge in [0.25, 0.3) is 0 Å². The number of benzene rings is 2. The van der Waals surface area contributed by atoms with E-state index in [1.165, 1.54) is 7.11 Å². The number of fused-ring (bicyclic) bond motifs is 1. The average molecular weight is 265 g/mol. The molecule has 2 aromatic carbocycles. The summed E-state index contributed by atoms with van der Waals surface area (Å²) in [6, 6.07) is 17.9. The topological polar surface area (TPSA) is 29.5 Å². The molecule has 0 N–H and O–H groups in total. The summed E-state index contributed by atoms with van der Waals surface area (Å²) in [7, 11) is 1.40. The lowest BCUT2D eigenvalue weighted by molar-refractivity contribution is 0.131. The summed E-state index contributed by atoms with van der Waals surface area (Å²) in [5.41, 5.74) is 3.29. The predicted molar refractivity (Wildman–Crippen MR) is 78.0 cm³/mol. The standard InChI is InChI=1S/C17H15NO2/c1-20-17(19)18-12-11-13-7-5-6-10-15(13)16(18)14-8-3-2-4-9-14/h2-12,16H,1H3. The number of ether oxygens (including phenoxy) is 1. The van der Waals surface area contributed by atoms with Gasteiger partial charge in [0, 0.05) is 6.20 Å². The summed E-state index contributed by atoms with van der Waals surface area (Å²) in [5, 5.41) is 0. The van der Waals surface area contributed by atoms with Crippen LogP contribution in [0.15, 0.2) is 60.8 Å². The minimum absolute atomic E-state index is 0.148. The molecule has 1 unspecified atom stereocenters. The molecule has 1 aliphatic heterocycles. The van der Waals surface area contributed by atoms with Crippen molar-refractivity contribution in [2.45, 2.75) is 6.04 Å². The molecule has 0 radical (unpaired) electrons. The summed E-state index contributed by atoms with van der Waals surface area (Å²) < 4.78 is 4.89. The molecule has 0 bridgehead atoms. The van der Waals surface area contributed by atoms with Crippen LogP contribution in [-0.2, 0) is 4.74 Å². The van der Waals surface area contributed by atoms with Crippen molar-refractivity contribution in [3.05, 3.63) is 77.5 Å². The van der Waals surface area contributed by atoms with Crippen molar-refractivity contribution in [1.82, 2.24) is 4.90 Å². The Kier molecular flexibility index (Phi) is 3.25. The fraction of sp³-hybridized carbons (Fsp3) is 0.118. The first-order chi connectivity index (χ1) is 9.81. The Labute approximate surface area is 118 Å². The lowest BCUT2D eigenvalue weighted by Gasteiger charge is -2.32. The molecule has 3 heteroatoms. The second-order valence-electron chi connectivity index (χ2n) is 4.64. The van der Waals surface area contributed by atoms with Gasteiger partial charge >= 0.3 is 6.09 Å². The van der Waals surface area contributed by atoms with E-state index in [9.17, 15) is 4.79 Å². The number of hydrogen-bond donors (Lipinski definition) is 0. The second-order valence-corrected chi connectivity index (χ2v) is 4.64. The van der Waals surface area contributed by atoms with Crippen LogP contribution in [0.1, 0.15) is 22.7 Å². The van der Waals surface area contributed by atoms with Gasteiger partial charge in [-0.1, -0.05) is 54.6 Å². The lowest BCUT2D eigenvalue weighted by atomic mass is 9.91. The van der Waals surface area contributed by atoms with Gasteiger partial charge in [-0.25, -0.2) is 4.79 Å².